The lowest BCUT2D eigenvalue weighted by atomic mass is 10.1. The normalized spacial score (nSPS) is 11.0. The second kappa shape index (κ2) is 9.38. The highest BCUT2D eigenvalue weighted by Crippen LogP contribution is 2.38. The van der Waals surface area contributed by atoms with Crippen molar-refractivity contribution in [2.75, 3.05) is 6.26 Å². The Balaban J connectivity index is 1.61. The van der Waals surface area contributed by atoms with E-state index in [-0.39, 0.29) is 5.82 Å². The Labute approximate surface area is 179 Å². The molecular weight excluding hydrogens is 397 g/mol. The Hall–Kier alpha value is -2.43. The zero-order chi connectivity index (χ0) is 20.1. The average Bonchev–Trinajstić information content (AvgIpc) is 3.19. The van der Waals surface area contributed by atoms with Crippen molar-refractivity contribution >= 4 is 23.1 Å². The van der Waals surface area contributed by atoms with Crippen LogP contribution in [0.3, 0.4) is 0 Å². The molecule has 0 radical (unpaired) electrons. The maximum absolute atomic E-state index is 13.4. The minimum atomic E-state index is -0.224. The van der Waals surface area contributed by atoms with Gasteiger partial charge in [0.2, 0.25) is 0 Å². The quantitative estimate of drug-likeness (QED) is 0.287. The van der Waals surface area contributed by atoms with E-state index in [9.17, 15) is 4.39 Å². The molecule has 0 fully saturated rings. The summed E-state index contributed by atoms with van der Waals surface area (Å²) in [6.45, 7) is 0. The van der Waals surface area contributed by atoms with Gasteiger partial charge in [-0.25, -0.2) is 9.37 Å². The third-order valence-corrected chi connectivity index (χ3v) is 6.75. The average molecular weight is 420 g/mol. The summed E-state index contributed by atoms with van der Waals surface area (Å²) in [4.78, 5) is 7.34. The smallest absolute Gasteiger partial charge is 0.123 e. The Bertz CT molecular complexity index is 1050. The molecule has 0 aliphatic heterocycles. The molecule has 0 unspecified atom stereocenters. The van der Waals surface area contributed by atoms with Crippen LogP contribution in [0.2, 0.25) is 0 Å². The van der Waals surface area contributed by atoms with Crippen LogP contribution < -0.4 is 0 Å². The van der Waals surface area contributed by atoms with Crippen LogP contribution in [0.15, 0.2) is 83.8 Å². The van der Waals surface area contributed by atoms with Crippen LogP contribution in [0.25, 0.3) is 21.7 Å². The molecule has 146 valence electrons. The van der Waals surface area contributed by atoms with Crippen LogP contribution in [0.1, 0.15) is 17.0 Å². The molecule has 4 rings (SSSR count). The zero-order valence-electron chi connectivity index (χ0n) is 16.3. The number of aryl methyl sites for hydroxylation is 2. The van der Waals surface area contributed by atoms with E-state index in [1.54, 1.807) is 23.1 Å². The minimum Gasteiger partial charge on any atom is -0.241 e. The maximum Gasteiger partial charge on any atom is 0.123 e. The van der Waals surface area contributed by atoms with Gasteiger partial charge in [0.1, 0.15) is 5.82 Å². The topological polar surface area (TPSA) is 12.9 Å². The van der Waals surface area contributed by atoms with E-state index in [0.29, 0.717) is 0 Å². The first-order valence-corrected chi connectivity index (χ1v) is 11.7. The number of thioether (sulfide) groups is 1. The van der Waals surface area contributed by atoms with Gasteiger partial charge in [-0.1, -0.05) is 42.5 Å². The van der Waals surface area contributed by atoms with Gasteiger partial charge in [0.25, 0.3) is 0 Å². The second-order valence-electron chi connectivity index (χ2n) is 6.86. The van der Waals surface area contributed by atoms with Crippen molar-refractivity contribution in [3.63, 3.8) is 0 Å². The lowest BCUT2D eigenvalue weighted by molar-refractivity contribution is 0.628. The molecular formula is C25H22FNS2. The van der Waals surface area contributed by atoms with Gasteiger partial charge in [0.05, 0.1) is 15.6 Å². The molecule has 0 aliphatic rings. The van der Waals surface area contributed by atoms with Crippen LogP contribution in [0.4, 0.5) is 4.39 Å². The van der Waals surface area contributed by atoms with Crippen LogP contribution in [-0.2, 0) is 12.8 Å². The van der Waals surface area contributed by atoms with Gasteiger partial charge < -0.3 is 0 Å². The molecule has 3 aromatic carbocycles. The largest absolute Gasteiger partial charge is 0.241 e. The molecule has 0 amide bonds. The summed E-state index contributed by atoms with van der Waals surface area (Å²) in [6.07, 6.45) is 5.13. The van der Waals surface area contributed by atoms with Gasteiger partial charge in [-0.15, -0.1) is 23.1 Å². The third-order valence-electron chi connectivity index (χ3n) is 4.84. The molecule has 1 aromatic heterocycles. The highest BCUT2D eigenvalue weighted by atomic mass is 32.2. The molecule has 29 heavy (non-hydrogen) atoms. The van der Waals surface area contributed by atoms with Crippen LogP contribution in [-0.4, -0.2) is 11.2 Å². The van der Waals surface area contributed by atoms with E-state index >= 15 is 0 Å². The molecule has 0 spiro atoms. The highest BCUT2D eigenvalue weighted by Gasteiger charge is 2.15. The van der Waals surface area contributed by atoms with Crippen molar-refractivity contribution in [1.29, 1.82) is 0 Å². The monoisotopic (exact) mass is 419 g/mol. The Morgan fingerprint density at radius 1 is 0.828 bits per heavy atom. The van der Waals surface area contributed by atoms with Gasteiger partial charge in [0, 0.05) is 10.5 Å². The van der Waals surface area contributed by atoms with Crippen molar-refractivity contribution in [3.05, 3.63) is 95.3 Å². The van der Waals surface area contributed by atoms with E-state index in [4.69, 9.17) is 4.98 Å². The van der Waals surface area contributed by atoms with Gasteiger partial charge >= 0.3 is 0 Å². The second-order valence-corrected chi connectivity index (χ2v) is 8.82. The van der Waals surface area contributed by atoms with Gasteiger partial charge in [0.15, 0.2) is 0 Å². The van der Waals surface area contributed by atoms with Crippen LogP contribution >= 0.6 is 23.1 Å². The van der Waals surface area contributed by atoms with E-state index in [1.165, 1.54) is 22.6 Å². The molecule has 0 bridgehead atoms. The van der Waals surface area contributed by atoms with Gasteiger partial charge in [-0.3, -0.25) is 0 Å². The van der Waals surface area contributed by atoms with Crippen molar-refractivity contribution in [1.82, 2.24) is 4.98 Å². The first kappa shape index (κ1) is 19.9. The van der Waals surface area contributed by atoms with E-state index in [0.717, 1.165) is 46.0 Å². The first-order valence-electron chi connectivity index (χ1n) is 9.67. The SMILES string of the molecule is CSc1ccc(-c2sc(CCCc3ccccc3)nc2-c2ccc(F)cc2)cc1. The predicted octanol–water partition coefficient (Wildman–Crippen LogP) is 7.51. The van der Waals surface area contributed by atoms with Crippen LogP contribution in [0.5, 0.6) is 0 Å². The lowest BCUT2D eigenvalue weighted by Gasteiger charge is -2.04. The van der Waals surface area contributed by atoms with Crippen molar-refractivity contribution in [2.24, 2.45) is 0 Å². The van der Waals surface area contributed by atoms with Crippen molar-refractivity contribution < 1.29 is 4.39 Å². The first-order chi connectivity index (χ1) is 14.2. The number of aromatic nitrogens is 1. The van der Waals surface area contributed by atoms with Crippen LogP contribution in [0, 0.1) is 5.82 Å². The van der Waals surface area contributed by atoms with Gasteiger partial charge in [-0.05, 0) is 73.0 Å². The molecule has 0 aliphatic carbocycles. The number of hydrogen-bond donors (Lipinski definition) is 0. The number of thiazole rings is 1. The standard InChI is InChI=1S/C25H22FNS2/c1-28-22-16-12-20(13-17-22)25-24(19-10-14-21(26)15-11-19)27-23(29-25)9-5-8-18-6-3-2-4-7-18/h2-4,6-7,10-17H,5,8-9H2,1H3. The third kappa shape index (κ3) is 4.95. The predicted molar refractivity (Wildman–Crippen MR) is 123 cm³/mol. The molecule has 0 saturated heterocycles. The summed E-state index contributed by atoms with van der Waals surface area (Å²) in [5.74, 6) is -0.224. The molecule has 0 atom stereocenters. The summed E-state index contributed by atoms with van der Waals surface area (Å²) in [7, 11) is 0. The molecule has 1 heterocycles. The number of halogens is 1. The number of benzene rings is 3. The summed E-state index contributed by atoms with van der Waals surface area (Å²) in [5.41, 5.74) is 4.42. The fourth-order valence-corrected chi connectivity index (χ4v) is 4.84. The highest BCUT2D eigenvalue weighted by molar-refractivity contribution is 7.98. The van der Waals surface area contributed by atoms with E-state index < -0.39 is 0 Å². The fraction of sp³-hybridized carbons (Fsp3) is 0.160. The van der Waals surface area contributed by atoms with E-state index in [1.807, 2.05) is 18.2 Å². The summed E-state index contributed by atoms with van der Waals surface area (Å²) in [5, 5.41) is 1.13. The summed E-state index contributed by atoms with van der Waals surface area (Å²) in [6, 6.07) is 25.8. The molecule has 0 saturated carbocycles. The molecule has 4 aromatic rings. The minimum absolute atomic E-state index is 0.224. The number of hydrogen-bond acceptors (Lipinski definition) is 3. The number of rotatable bonds is 7. The summed E-state index contributed by atoms with van der Waals surface area (Å²) >= 11 is 3.48. The molecule has 4 heteroatoms. The fourth-order valence-electron chi connectivity index (χ4n) is 3.30. The Morgan fingerprint density at radius 3 is 2.21 bits per heavy atom. The molecule has 0 N–H and O–H groups in total. The Kier molecular flexibility index (Phi) is 6.43. The Morgan fingerprint density at radius 2 is 1.52 bits per heavy atom. The lowest BCUT2D eigenvalue weighted by Crippen LogP contribution is -1.89. The van der Waals surface area contributed by atoms with E-state index in [2.05, 4.69) is 54.8 Å². The van der Waals surface area contributed by atoms with Crippen molar-refractivity contribution in [3.8, 4) is 21.7 Å². The molecule has 1 nitrogen and oxygen atoms in total. The zero-order valence-corrected chi connectivity index (χ0v) is 17.9. The summed E-state index contributed by atoms with van der Waals surface area (Å²) < 4.78 is 13.4. The van der Waals surface area contributed by atoms with Crippen molar-refractivity contribution in [2.45, 2.75) is 24.2 Å². The van der Waals surface area contributed by atoms with Gasteiger partial charge in [-0.2, -0.15) is 0 Å². The number of nitrogens with zero attached hydrogens (tertiary/aromatic N) is 1. The maximum atomic E-state index is 13.4.